The third kappa shape index (κ3) is 8.97. The van der Waals surface area contributed by atoms with Gasteiger partial charge in [-0.1, -0.05) is 0 Å². The molecule has 180 valence electrons. The normalized spacial score (nSPS) is 13.4. The van der Waals surface area contributed by atoms with E-state index in [9.17, 15) is 14.4 Å². The minimum absolute atomic E-state index is 0. The highest BCUT2D eigenvalue weighted by Crippen LogP contribution is 2.30. The molecule has 11 nitrogen and oxygen atoms in total. The summed E-state index contributed by atoms with van der Waals surface area (Å²) in [5.74, 6) is -0.248. The molecule has 0 aromatic heterocycles. The Morgan fingerprint density at radius 1 is 1.09 bits per heavy atom. The molecule has 0 radical (unpaired) electrons. The number of nitrogens with one attached hydrogen (secondary N) is 2. The van der Waals surface area contributed by atoms with Crippen molar-refractivity contribution < 1.29 is 33.3 Å². The third-order valence-corrected chi connectivity index (χ3v) is 4.32. The molecule has 2 rings (SSSR count). The van der Waals surface area contributed by atoms with Gasteiger partial charge in [0.1, 0.15) is 5.75 Å². The van der Waals surface area contributed by atoms with Gasteiger partial charge in [-0.15, -0.1) is 12.4 Å². The number of ether oxygens (including phenoxy) is 4. The van der Waals surface area contributed by atoms with Crippen molar-refractivity contribution in [3.63, 3.8) is 0 Å². The van der Waals surface area contributed by atoms with Crippen molar-refractivity contribution in [1.29, 1.82) is 0 Å². The molecule has 0 unspecified atom stereocenters. The molecular formula is C20H31ClN4O7. The number of rotatable bonds is 14. The number of carbonyl (C=O) groups excluding carboxylic acids is 3. The third-order valence-electron chi connectivity index (χ3n) is 4.32. The lowest BCUT2D eigenvalue weighted by atomic mass is 10.1. The summed E-state index contributed by atoms with van der Waals surface area (Å²) >= 11 is 0. The molecule has 12 heteroatoms. The van der Waals surface area contributed by atoms with E-state index >= 15 is 0 Å². The quantitative estimate of drug-likeness (QED) is 0.327. The Balaban J connectivity index is 0.00000512. The van der Waals surface area contributed by atoms with Crippen LogP contribution in [0.1, 0.15) is 16.8 Å². The van der Waals surface area contributed by atoms with E-state index in [-0.39, 0.29) is 37.2 Å². The largest absolute Gasteiger partial charge is 0.495 e. The number of hydrogen-bond donors (Lipinski definition) is 3. The van der Waals surface area contributed by atoms with Gasteiger partial charge < -0.3 is 30.0 Å². The molecule has 32 heavy (non-hydrogen) atoms. The minimum Gasteiger partial charge on any atom is -0.495 e. The van der Waals surface area contributed by atoms with Gasteiger partial charge in [-0.2, -0.15) is 0 Å². The lowest BCUT2D eigenvalue weighted by Gasteiger charge is -2.28. The second-order valence-electron chi connectivity index (χ2n) is 6.52. The van der Waals surface area contributed by atoms with E-state index in [0.717, 1.165) is 0 Å². The Labute approximate surface area is 193 Å². The molecule has 0 spiro atoms. The molecule has 1 fully saturated rings. The fraction of sp³-hybridized carbons (Fsp3) is 0.550. The van der Waals surface area contributed by atoms with Crippen LogP contribution in [-0.4, -0.2) is 84.2 Å². The average Bonchev–Trinajstić information content (AvgIpc) is 2.77. The highest BCUT2D eigenvalue weighted by Gasteiger charge is 2.26. The van der Waals surface area contributed by atoms with Crippen molar-refractivity contribution in [1.82, 2.24) is 10.6 Å². The number of urea groups is 1. The number of imide groups is 1. The van der Waals surface area contributed by atoms with Crippen LogP contribution in [0.2, 0.25) is 0 Å². The topological polar surface area (TPSA) is 141 Å². The number of hydrogen-bond acceptors (Lipinski definition) is 8. The van der Waals surface area contributed by atoms with Gasteiger partial charge in [0.25, 0.3) is 5.91 Å². The minimum atomic E-state index is -0.518. The lowest BCUT2D eigenvalue weighted by Crippen LogP contribution is -2.49. The fourth-order valence-corrected chi connectivity index (χ4v) is 2.80. The molecule has 1 aliphatic heterocycles. The van der Waals surface area contributed by atoms with Crippen LogP contribution in [0.25, 0.3) is 0 Å². The summed E-state index contributed by atoms with van der Waals surface area (Å²) in [6, 6.07) is 4.25. The average molecular weight is 475 g/mol. The summed E-state index contributed by atoms with van der Waals surface area (Å²) in [7, 11) is 1.45. The highest BCUT2D eigenvalue weighted by atomic mass is 35.5. The van der Waals surface area contributed by atoms with E-state index in [1.807, 2.05) is 0 Å². The first-order chi connectivity index (χ1) is 15.1. The summed E-state index contributed by atoms with van der Waals surface area (Å²) in [6.45, 7) is 3.75. The van der Waals surface area contributed by atoms with Crippen LogP contribution < -0.4 is 26.0 Å². The monoisotopic (exact) mass is 474 g/mol. The summed E-state index contributed by atoms with van der Waals surface area (Å²) in [5.41, 5.74) is 6.18. The van der Waals surface area contributed by atoms with Crippen LogP contribution in [0.15, 0.2) is 18.2 Å². The van der Waals surface area contributed by atoms with E-state index in [0.29, 0.717) is 69.7 Å². The number of halogens is 1. The molecule has 1 heterocycles. The molecule has 4 amide bonds. The van der Waals surface area contributed by atoms with Gasteiger partial charge in [-0.05, 0) is 18.2 Å². The zero-order valence-electron chi connectivity index (χ0n) is 18.1. The van der Waals surface area contributed by atoms with Crippen molar-refractivity contribution in [2.24, 2.45) is 5.73 Å². The van der Waals surface area contributed by atoms with Gasteiger partial charge >= 0.3 is 6.03 Å². The second kappa shape index (κ2) is 15.4. The number of benzene rings is 1. The Bertz CT molecular complexity index is 751. The summed E-state index contributed by atoms with van der Waals surface area (Å²) in [6.07, 6.45) is 0.199. The molecule has 0 aliphatic carbocycles. The van der Waals surface area contributed by atoms with Gasteiger partial charge in [0, 0.05) is 31.6 Å². The van der Waals surface area contributed by atoms with Crippen molar-refractivity contribution >= 4 is 35.9 Å². The van der Waals surface area contributed by atoms with Crippen LogP contribution >= 0.6 is 12.4 Å². The molecule has 4 N–H and O–H groups in total. The van der Waals surface area contributed by atoms with Crippen LogP contribution in [0.4, 0.5) is 10.5 Å². The maximum atomic E-state index is 12.4. The van der Waals surface area contributed by atoms with Crippen molar-refractivity contribution in [2.75, 3.05) is 71.3 Å². The number of nitrogens with zero attached hydrogens (tertiary/aromatic N) is 1. The Hall–Kier alpha value is -2.44. The molecule has 0 atom stereocenters. The number of amides is 4. The molecule has 1 aliphatic rings. The SMILES string of the molecule is COc1cc(C(=O)NCCOCCOCCOCCN)ccc1N1CCC(=O)NC1=O.Cl. The van der Waals surface area contributed by atoms with Gasteiger partial charge in [0.15, 0.2) is 0 Å². The van der Waals surface area contributed by atoms with Crippen LogP contribution in [0, 0.1) is 0 Å². The summed E-state index contributed by atoms with van der Waals surface area (Å²) < 4.78 is 21.3. The Morgan fingerprint density at radius 3 is 2.38 bits per heavy atom. The van der Waals surface area contributed by atoms with E-state index in [2.05, 4.69) is 10.6 Å². The van der Waals surface area contributed by atoms with Crippen LogP contribution in [-0.2, 0) is 19.0 Å². The predicted octanol–water partition coefficient (Wildman–Crippen LogP) is 0.302. The van der Waals surface area contributed by atoms with Crippen molar-refractivity contribution in [2.45, 2.75) is 6.42 Å². The van der Waals surface area contributed by atoms with E-state index in [1.54, 1.807) is 18.2 Å². The van der Waals surface area contributed by atoms with Gasteiger partial charge in [0.05, 0.1) is 52.4 Å². The van der Waals surface area contributed by atoms with E-state index in [4.69, 9.17) is 24.7 Å². The predicted molar refractivity (Wildman–Crippen MR) is 120 cm³/mol. The van der Waals surface area contributed by atoms with Crippen molar-refractivity contribution in [3.05, 3.63) is 23.8 Å². The van der Waals surface area contributed by atoms with Gasteiger partial charge in [0.2, 0.25) is 5.91 Å². The van der Waals surface area contributed by atoms with Crippen LogP contribution in [0.3, 0.4) is 0 Å². The smallest absolute Gasteiger partial charge is 0.328 e. The molecule has 1 aromatic rings. The highest BCUT2D eigenvalue weighted by molar-refractivity contribution is 6.06. The molecule has 1 saturated heterocycles. The molecule has 0 saturated carbocycles. The zero-order chi connectivity index (χ0) is 22.5. The van der Waals surface area contributed by atoms with Crippen LogP contribution in [0.5, 0.6) is 5.75 Å². The maximum absolute atomic E-state index is 12.4. The Morgan fingerprint density at radius 2 is 1.75 bits per heavy atom. The first kappa shape index (κ1) is 27.6. The van der Waals surface area contributed by atoms with E-state index in [1.165, 1.54) is 12.0 Å². The molecule has 0 bridgehead atoms. The molecular weight excluding hydrogens is 444 g/mol. The maximum Gasteiger partial charge on any atom is 0.328 e. The summed E-state index contributed by atoms with van der Waals surface area (Å²) in [4.78, 5) is 37.1. The number of carbonyl (C=O) groups is 3. The second-order valence-corrected chi connectivity index (χ2v) is 6.52. The fourth-order valence-electron chi connectivity index (χ4n) is 2.80. The number of anilines is 1. The molecule has 1 aromatic carbocycles. The lowest BCUT2D eigenvalue weighted by molar-refractivity contribution is -0.120. The van der Waals surface area contributed by atoms with Gasteiger partial charge in [-0.25, -0.2) is 4.79 Å². The van der Waals surface area contributed by atoms with E-state index < -0.39 is 6.03 Å². The number of nitrogens with two attached hydrogens (primary N) is 1. The standard InChI is InChI=1S/C20H30N4O7.ClH/c1-28-17-14-15(2-3-16(17)24-7-4-18(25)23-20(24)27)19(26)22-6-9-30-11-13-31-12-10-29-8-5-21;/h2-3,14H,4-13,21H2,1H3,(H,22,26)(H,23,25,27);1H. The number of methoxy groups -OCH3 is 1. The first-order valence-corrected chi connectivity index (χ1v) is 10.1. The zero-order valence-corrected chi connectivity index (χ0v) is 18.9. The Kier molecular flexibility index (Phi) is 13.3. The first-order valence-electron chi connectivity index (χ1n) is 10.1. The summed E-state index contributed by atoms with van der Waals surface area (Å²) in [5, 5.41) is 5.02. The van der Waals surface area contributed by atoms with Gasteiger partial charge in [-0.3, -0.25) is 19.8 Å². The van der Waals surface area contributed by atoms with Crippen molar-refractivity contribution in [3.8, 4) is 5.75 Å².